The molecular formula is C16H19NO2. The number of fused-ring (bicyclic) bond motifs is 1. The van der Waals surface area contributed by atoms with Crippen molar-refractivity contribution in [1.82, 2.24) is 4.90 Å². The zero-order valence-corrected chi connectivity index (χ0v) is 11.3. The van der Waals surface area contributed by atoms with Gasteiger partial charge in [0.1, 0.15) is 6.04 Å². The van der Waals surface area contributed by atoms with E-state index in [4.69, 9.17) is 5.11 Å². The molecule has 1 N–H and O–H groups in total. The molecule has 0 fully saturated rings. The molecule has 0 bridgehead atoms. The van der Waals surface area contributed by atoms with Gasteiger partial charge in [0.2, 0.25) is 0 Å². The third kappa shape index (κ3) is 3.12. The monoisotopic (exact) mass is 257 g/mol. The Morgan fingerprint density at radius 1 is 1.21 bits per heavy atom. The van der Waals surface area contributed by atoms with Crippen molar-refractivity contribution in [2.24, 2.45) is 0 Å². The predicted molar refractivity (Wildman–Crippen MR) is 77.4 cm³/mol. The second kappa shape index (κ2) is 5.85. The highest BCUT2D eigenvalue weighted by Crippen LogP contribution is 2.19. The molecule has 0 amide bonds. The summed E-state index contributed by atoms with van der Waals surface area (Å²) >= 11 is 0. The van der Waals surface area contributed by atoms with Crippen LogP contribution >= 0.6 is 0 Å². The summed E-state index contributed by atoms with van der Waals surface area (Å²) in [4.78, 5) is 12.8. The van der Waals surface area contributed by atoms with Gasteiger partial charge in [0.15, 0.2) is 0 Å². The van der Waals surface area contributed by atoms with E-state index in [-0.39, 0.29) is 0 Å². The van der Waals surface area contributed by atoms with Crippen molar-refractivity contribution in [1.29, 1.82) is 0 Å². The molecule has 0 radical (unpaired) electrons. The Hall–Kier alpha value is -1.87. The lowest BCUT2D eigenvalue weighted by molar-refractivity contribution is -0.142. The zero-order valence-electron chi connectivity index (χ0n) is 11.3. The smallest absolute Gasteiger partial charge is 0.320 e. The van der Waals surface area contributed by atoms with E-state index in [2.05, 4.69) is 30.3 Å². The lowest BCUT2D eigenvalue weighted by Crippen LogP contribution is -2.37. The van der Waals surface area contributed by atoms with E-state index in [0.717, 1.165) is 13.0 Å². The number of benzene rings is 2. The lowest BCUT2D eigenvalue weighted by Gasteiger charge is -2.21. The van der Waals surface area contributed by atoms with E-state index in [9.17, 15) is 4.79 Å². The highest BCUT2D eigenvalue weighted by Gasteiger charge is 2.16. The molecule has 0 aromatic heterocycles. The van der Waals surface area contributed by atoms with Crippen LogP contribution < -0.4 is 0 Å². The van der Waals surface area contributed by atoms with E-state index in [1.807, 2.05) is 24.1 Å². The van der Waals surface area contributed by atoms with Gasteiger partial charge >= 0.3 is 5.97 Å². The molecule has 3 nitrogen and oxygen atoms in total. The molecule has 0 unspecified atom stereocenters. The van der Waals surface area contributed by atoms with E-state index in [1.165, 1.54) is 16.3 Å². The second-order valence-electron chi connectivity index (χ2n) is 4.88. The van der Waals surface area contributed by atoms with Gasteiger partial charge in [-0.2, -0.15) is 0 Å². The van der Waals surface area contributed by atoms with Gasteiger partial charge in [0.25, 0.3) is 0 Å². The van der Waals surface area contributed by atoms with Crippen LogP contribution in [0, 0.1) is 0 Å². The molecule has 2 rings (SSSR count). The van der Waals surface area contributed by atoms with Crippen LogP contribution in [0.4, 0.5) is 0 Å². The first-order valence-electron chi connectivity index (χ1n) is 6.49. The molecule has 3 heteroatoms. The minimum atomic E-state index is -0.777. The maximum Gasteiger partial charge on any atom is 0.320 e. The van der Waals surface area contributed by atoms with Crippen LogP contribution in [0.5, 0.6) is 0 Å². The van der Waals surface area contributed by atoms with Gasteiger partial charge in [-0.15, -0.1) is 0 Å². The van der Waals surface area contributed by atoms with E-state index in [1.54, 1.807) is 6.92 Å². The Morgan fingerprint density at radius 2 is 1.89 bits per heavy atom. The first-order valence-corrected chi connectivity index (χ1v) is 6.49. The third-order valence-electron chi connectivity index (χ3n) is 3.63. The number of hydrogen-bond donors (Lipinski definition) is 1. The average molecular weight is 257 g/mol. The Labute approximate surface area is 113 Å². The number of rotatable bonds is 5. The van der Waals surface area contributed by atoms with Crippen molar-refractivity contribution in [3.05, 3.63) is 48.0 Å². The quantitative estimate of drug-likeness (QED) is 0.895. The number of carbonyl (C=O) groups is 1. The summed E-state index contributed by atoms with van der Waals surface area (Å²) in [5.41, 5.74) is 1.27. The standard InChI is InChI=1S/C16H19NO2/c1-12(16(18)19)17(2)11-10-14-8-5-7-13-6-3-4-9-15(13)14/h3-9,12H,10-11H2,1-2H3,(H,18,19)/t12-/m1/s1. The summed E-state index contributed by atoms with van der Waals surface area (Å²) in [6.07, 6.45) is 0.857. The lowest BCUT2D eigenvalue weighted by atomic mass is 10.0. The van der Waals surface area contributed by atoms with Crippen LogP contribution in [0.1, 0.15) is 12.5 Å². The molecule has 1 atom stereocenters. The van der Waals surface area contributed by atoms with Gasteiger partial charge in [-0.25, -0.2) is 0 Å². The van der Waals surface area contributed by atoms with Crippen LogP contribution in [0.2, 0.25) is 0 Å². The minimum absolute atomic E-state index is 0.449. The van der Waals surface area contributed by atoms with Crippen molar-refractivity contribution in [3.63, 3.8) is 0 Å². The zero-order chi connectivity index (χ0) is 13.8. The van der Waals surface area contributed by atoms with Gasteiger partial charge in [-0.05, 0) is 36.7 Å². The average Bonchev–Trinajstić information content (AvgIpc) is 2.43. The maximum atomic E-state index is 10.9. The van der Waals surface area contributed by atoms with Gasteiger partial charge in [-0.3, -0.25) is 9.69 Å². The van der Waals surface area contributed by atoms with Gasteiger partial charge < -0.3 is 5.11 Å². The number of carboxylic acids is 1. The Morgan fingerprint density at radius 3 is 2.63 bits per heavy atom. The van der Waals surface area contributed by atoms with E-state index < -0.39 is 12.0 Å². The maximum absolute atomic E-state index is 10.9. The fourth-order valence-electron chi connectivity index (χ4n) is 2.19. The predicted octanol–water partition coefficient (Wildman–Crippen LogP) is 2.79. The van der Waals surface area contributed by atoms with Crippen molar-refractivity contribution < 1.29 is 9.90 Å². The van der Waals surface area contributed by atoms with Crippen LogP contribution in [0.15, 0.2) is 42.5 Å². The third-order valence-corrected chi connectivity index (χ3v) is 3.63. The topological polar surface area (TPSA) is 40.5 Å². The molecule has 2 aromatic rings. The van der Waals surface area contributed by atoms with Crippen molar-refractivity contribution in [3.8, 4) is 0 Å². The summed E-state index contributed by atoms with van der Waals surface area (Å²) in [7, 11) is 1.85. The van der Waals surface area contributed by atoms with Crippen molar-refractivity contribution in [2.75, 3.05) is 13.6 Å². The molecule has 0 saturated carbocycles. The van der Waals surface area contributed by atoms with Gasteiger partial charge in [0.05, 0.1) is 0 Å². The second-order valence-corrected chi connectivity index (χ2v) is 4.88. The van der Waals surface area contributed by atoms with E-state index >= 15 is 0 Å². The molecule has 19 heavy (non-hydrogen) atoms. The molecule has 0 aliphatic carbocycles. The Bertz CT molecular complexity index is 574. The van der Waals surface area contributed by atoms with Gasteiger partial charge in [0, 0.05) is 6.54 Å². The Balaban J connectivity index is 2.12. The summed E-state index contributed by atoms with van der Waals surface area (Å²) in [6.45, 7) is 2.45. The molecule has 0 spiro atoms. The molecule has 0 saturated heterocycles. The molecule has 100 valence electrons. The van der Waals surface area contributed by atoms with Crippen molar-refractivity contribution in [2.45, 2.75) is 19.4 Å². The van der Waals surface area contributed by atoms with Crippen LogP contribution in [0.3, 0.4) is 0 Å². The van der Waals surface area contributed by atoms with Crippen molar-refractivity contribution >= 4 is 16.7 Å². The fourth-order valence-corrected chi connectivity index (χ4v) is 2.19. The SMILES string of the molecule is C[C@H](C(=O)O)N(C)CCc1cccc2ccccc12. The normalized spacial score (nSPS) is 12.8. The fraction of sp³-hybridized carbons (Fsp3) is 0.312. The Kier molecular flexibility index (Phi) is 4.17. The number of carboxylic acid groups (broad SMARTS) is 1. The minimum Gasteiger partial charge on any atom is -0.480 e. The summed E-state index contributed by atoms with van der Waals surface area (Å²) < 4.78 is 0. The van der Waals surface area contributed by atoms with Crippen LogP contribution in [-0.4, -0.2) is 35.6 Å². The molecule has 0 aliphatic rings. The first-order chi connectivity index (χ1) is 9.09. The number of aliphatic carboxylic acids is 1. The van der Waals surface area contributed by atoms with E-state index in [0.29, 0.717) is 0 Å². The highest BCUT2D eigenvalue weighted by molar-refractivity contribution is 5.85. The molecule has 0 aliphatic heterocycles. The molecular weight excluding hydrogens is 238 g/mol. The molecule has 0 heterocycles. The summed E-state index contributed by atoms with van der Waals surface area (Å²) in [5, 5.41) is 11.5. The van der Waals surface area contributed by atoms with Gasteiger partial charge in [-0.1, -0.05) is 42.5 Å². The van der Waals surface area contributed by atoms with Crippen LogP contribution in [-0.2, 0) is 11.2 Å². The molecule has 2 aromatic carbocycles. The number of nitrogens with zero attached hydrogens (tertiary/aromatic N) is 1. The summed E-state index contributed by atoms with van der Waals surface area (Å²) in [5.74, 6) is -0.777. The first kappa shape index (κ1) is 13.6. The highest BCUT2D eigenvalue weighted by atomic mass is 16.4. The largest absolute Gasteiger partial charge is 0.480 e. The number of hydrogen-bond acceptors (Lipinski definition) is 2. The summed E-state index contributed by atoms with van der Waals surface area (Å²) in [6, 6.07) is 14.1. The van der Waals surface area contributed by atoms with Crippen LogP contribution in [0.25, 0.3) is 10.8 Å². The number of likely N-dealkylation sites (N-methyl/N-ethyl adjacent to an activating group) is 1.